The molecule has 2 aliphatic carbocycles. The number of nitro groups is 1. The van der Waals surface area contributed by atoms with E-state index in [4.69, 9.17) is 5.73 Å². The maximum absolute atomic E-state index is 10.6. The third-order valence-electron chi connectivity index (χ3n) is 5.14. The average Bonchev–Trinajstić information content (AvgIpc) is 3.01. The van der Waals surface area contributed by atoms with E-state index in [-0.39, 0.29) is 16.7 Å². The first-order valence-corrected chi connectivity index (χ1v) is 7.60. The molecule has 3 rings (SSSR count). The first-order chi connectivity index (χ1) is 9.61. The number of fused-ring (bicyclic) bond motifs is 2. The second-order valence-electron chi connectivity index (χ2n) is 6.56. The molecular formula is C16H22N2O2. The largest absolute Gasteiger partial charge is 0.327 e. The van der Waals surface area contributed by atoms with Gasteiger partial charge in [0.25, 0.3) is 5.69 Å². The average molecular weight is 274 g/mol. The number of hydrogen-bond donors (Lipinski definition) is 1. The summed E-state index contributed by atoms with van der Waals surface area (Å²) in [6, 6.07) is 6.98. The van der Waals surface area contributed by atoms with Crippen molar-refractivity contribution in [2.75, 3.05) is 0 Å². The summed E-state index contributed by atoms with van der Waals surface area (Å²) in [4.78, 5) is 10.3. The van der Waals surface area contributed by atoms with Crippen molar-refractivity contribution in [1.29, 1.82) is 0 Å². The Hall–Kier alpha value is -1.42. The van der Waals surface area contributed by atoms with Crippen LogP contribution >= 0.6 is 0 Å². The lowest BCUT2D eigenvalue weighted by molar-refractivity contribution is -0.384. The summed E-state index contributed by atoms with van der Waals surface area (Å²) in [5.41, 5.74) is 7.53. The number of nitrogens with zero attached hydrogens (tertiary/aromatic N) is 1. The molecule has 4 nitrogen and oxygen atoms in total. The third kappa shape index (κ3) is 2.85. The van der Waals surface area contributed by atoms with E-state index in [1.807, 2.05) is 12.1 Å². The van der Waals surface area contributed by atoms with Crippen LogP contribution in [0.25, 0.3) is 0 Å². The number of rotatable bonds is 5. The Balaban J connectivity index is 1.53. The summed E-state index contributed by atoms with van der Waals surface area (Å²) < 4.78 is 0. The number of nitro benzene ring substituents is 1. The monoisotopic (exact) mass is 274 g/mol. The van der Waals surface area contributed by atoms with Gasteiger partial charge in [-0.1, -0.05) is 18.6 Å². The number of benzene rings is 1. The Bertz CT molecular complexity index is 486. The van der Waals surface area contributed by atoms with E-state index >= 15 is 0 Å². The van der Waals surface area contributed by atoms with Crippen LogP contribution in [0.4, 0.5) is 5.69 Å². The van der Waals surface area contributed by atoms with Crippen LogP contribution in [0, 0.1) is 27.9 Å². The number of nitrogens with two attached hydrogens (primary N) is 1. The van der Waals surface area contributed by atoms with Crippen LogP contribution in [0.1, 0.15) is 37.7 Å². The number of hydrogen-bond acceptors (Lipinski definition) is 3. The van der Waals surface area contributed by atoms with Gasteiger partial charge in [-0.05, 0) is 55.4 Å². The van der Waals surface area contributed by atoms with Crippen LogP contribution in [-0.4, -0.2) is 11.0 Å². The molecule has 0 aliphatic heterocycles. The van der Waals surface area contributed by atoms with E-state index in [1.54, 1.807) is 12.1 Å². The zero-order valence-electron chi connectivity index (χ0n) is 11.7. The van der Waals surface area contributed by atoms with Gasteiger partial charge in [-0.2, -0.15) is 0 Å². The second-order valence-corrected chi connectivity index (χ2v) is 6.56. The molecule has 0 radical (unpaired) electrons. The molecule has 1 aromatic carbocycles. The van der Waals surface area contributed by atoms with Gasteiger partial charge >= 0.3 is 0 Å². The smallest absolute Gasteiger partial charge is 0.269 e. The summed E-state index contributed by atoms with van der Waals surface area (Å²) >= 11 is 0. The van der Waals surface area contributed by atoms with Crippen LogP contribution in [0.2, 0.25) is 0 Å². The van der Waals surface area contributed by atoms with Gasteiger partial charge in [-0.3, -0.25) is 10.1 Å². The zero-order chi connectivity index (χ0) is 14.1. The van der Waals surface area contributed by atoms with E-state index in [1.165, 1.54) is 25.7 Å². The van der Waals surface area contributed by atoms with Crippen LogP contribution in [0.3, 0.4) is 0 Å². The lowest BCUT2D eigenvalue weighted by Gasteiger charge is -2.24. The molecule has 0 heterocycles. The lowest BCUT2D eigenvalue weighted by atomic mass is 9.83. The third-order valence-corrected chi connectivity index (χ3v) is 5.14. The molecule has 2 saturated carbocycles. The minimum absolute atomic E-state index is 0.149. The van der Waals surface area contributed by atoms with E-state index in [2.05, 4.69) is 0 Å². The molecule has 20 heavy (non-hydrogen) atoms. The fourth-order valence-electron chi connectivity index (χ4n) is 4.19. The fraction of sp³-hybridized carbons (Fsp3) is 0.625. The van der Waals surface area contributed by atoms with Crippen molar-refractivity contribution in [3.63, 3.8) is 0 Å². The standard InChI is InChI=1S/C16H22N2O2/c17-15(10-14-8-12-1-4-13(14)7-12)9-11-2-5-16(6-3-11)18(19)20/h2-3,5-6,12-15H,1,4,7-10,17H2. The molecule has 0 amide bonds. The molecule has 0 aromatic heterocycles. The predicted molar refractivity (Wildman–Crippen MR) is 78.3 cm³/mol. The molecule has 2 bridgehead atoms. The van der Waals surface area contributed by atoms with Gasteiger partial charge in [-0.15, -0.1) is 0 Å². The Labute approximate surface area is 119 Å². The SMILES string of the molecule is NC(Cc1ccc([N+](=O)[O-])cc1)CC1CC2CCC1C2. The molecule has 2 fully saturated rings. The second kappa shape index (κ2) is 5.52. The van der Waals surface area contributed by atoms with E-state index in [0.29, 0.717) is 0 Å². The molecule has 4 unspecified atom stereocenters. The van der Waals surface area contributed by atoms with Crippen molar-refractivity contribution >= 4 is 5.69 Å². The van der Waals surface area contributed by atoms with Crippen LogP contribution < -0.4 is 5.73 Å². The molecule has 2 aliphatic rings. The Morgan fingerprint density at radius 1 is 1.25 bits per heavy atom. The summed E-state index contributed by atoms with van der Waals surface area (Å²) in [6.45, 7) is 0. The molecule has 0 spiro atoms. The van der Waals surface area contributed by atoms with Gasteiger partial charge < -0.3 is 5.73 Å². The molecule has 4 heteroatoms. The van der Waals surface area contributed by atoms with Crippen molar-refractivity contribution in [3.8, 4) is 0 Å². The van der Waals surface area contributed by atoms with Crippen LogP contribution in [0.15, 0.2) is 24.3 Å². The topological polar surface area (TPSA) is 69.2 Å². The maximum Gasteiger partial charge on any atom is 0.269 e. The zero-order valence-corrected chi connectivity index (χ0v) is 11.7. The van der Waals surface area contributed by atoms with Gasteiger partial charge in [0.1, 0.15) is 0 Å². The Morgan fingerprint density at radius 3 is 2.55 bits per heavy atom. The fourth-order valence-corrected chi connectivity index (χ4v) is 4.19. The molecule has 108 valence electrons. The molecular weight excluding hydrogens is 252 g/mol. The van der Waals surface area contributed by atoms with Crippen LogP contribution in [0.5, 0.6) is 0 Å². The summed E-state index contributed by atoms with van der Waals surface area (Å²) in [5.74, 6) is 2.71. The van der Waals surface area contributed by atoms with E-state index in [0.717, 1.165) is 36.2 Å². The van der Waals surface area contributed by atoms with E-state index < -0.39 is 0 Å². The molecule has 1 aromatic rings. The number of non-ortho nitro benzene ring substituents is 1. The highest BCUT2D eigenvalue weighted by atomic mass is 16.6. The lowest BCUT2D eigenvalue weighted by Crippen LogP contribution is -2.28. The maximum atomic E-state index is 10.6. The highest BCUT2D eigenvalue weighted by Crippen LogP contribution is 2.49. The van der Waals surface area contributed by atoms with Crippen molar-refractivity contribution in [2.45, 2.75) is 44.6 Å². The highest BCUT2D eigenvalue weighted by molar-refractivity contribution is 5.33. The van der Waals surface area contributed by atoms with Gasteiger partial charge in [0, 0.05) is 18.2 Å². The first kappa shape index (κ1) is 13.6. The van der Waals surface area contributed by atoms with Gasteiger partial charge in [-0.25, -0.2) is 0 Å². The predicted octanol–water partition coefficient (Wildman–Crippen LogP) is 3.29. The quantitative estimate of drug-likeness (QED) is 0.661. The van der Waals surface area contributed by atoms with Gasteiger partial charge in [0.05, 0.1) is 4.92 Å². The van der Waals surface area contributed by atoms with Crippen molar-refractivity contribution < 1.29 is 4.92 Å². The normalized spacial score (nSPS) is 29.6. The summed E-state index contributed by atoms with van der Waals surface area (Å²) in [5, 5.41) is 10.6. The van der Waals surface area contributed by atoms with Gasteiger partial charge in [0.2, 0.25) is 0 Å². The van der Waals surface area contributed by atoms with Crippen molar-refractivity contribution in [2.24, 2.45) is 23.5 Å². The van der Waals surface area contributed by atoms with E-state index in [9.17, 15) is 10.1 Å². The summed E-state index contributed by atoms with van der Waals surface area (Å²) in [6.07, 6.45) is 7.57. The highest BCUT2D eigenvalue weighted by Gasteiger charge is 2.39. The molecule has 0 saturated heterocycles. The Morgan fingerprint density at radius 2 is 2.00 bits per heavy atom. The molecule has 4 atom stereocenters. The van der Waals surface area contributed by atoms with Gasteiger partial charge in [0.15, 0.2) is 0 Å². The minimum Gasteiger partial charge on any atom is -0.327 e. The van der Waals surface area contributed by atoms with Crippen molar-refractivity contribution in [1.82, 2.24) is 0 Å². The minimum atomic E-state index is -0.362. The molecule has 2 N–H and O–H groups in total. The summed E-state index contributed by atoms with van der Waals surface area (Å²) in [7, 11) is 0. The Kier molecular flexibility index (Phi) is 3.74. The van der Waals surface area contributed by atoms with Crippen molar-refractivity contribution in [3.05, 3.63) is 39.9 Å². The first-order valence-electron chi connectivity index (χ1n) is 7.60. The van der Waals surface area contributed by atoms with Crippen LogP contribution in [-0.2, 0) is 6.42 Å².